The molecule has 1 fully saturated rings. The molecule has 1 aliphatic rings. The van der Waals surface area contributed by atoms with Gasteiger partial charge in [0.1, 0.15) is 9.88 Å². The van der Waals surface area contributed by atoms with Crippen LogP contribution in [0.2, 0.25) is 5.02 Å². The van der Waals surface area contributed by atoms with Gasteiger partial charge >= 0.3 is 0 Å². The van der Waals surface area contributed by atoms with Crippen LogP contribution in [-0.2, 0) is 10.0 Å². The van der Waals surface area contributed by atoms with E-state index in [0.29, 0.717) is 18.0 Å². The second-order valence-corrected chi connectivity index (χ2v) is 8.33. The van der Waals surface area contributed by atoms with Crippen molar-refractivity contribution in [2.45, 2.75) is 25.2 Å². The van der Waals surface area contributed by atoms with Crippen LogP contribution < -0.4 is 10.5 Å². The van der Waals surface area contributed by atoms with Crippen LogP contribution in [0.25, 0.3) is 0 Å². The Bertz CT molecular complexity index is 656. The molecule has 0 saturated heterocycles. The Kier molecular flexibility index (Phi) is 4.12. The summed E-state index contributed by atoms with van der Waals surface area (Å²) in [6.45, 7) is 4.68. The molecule has 1 aliphatic carbocycles. The highest BCUT2D eigenvalue weighted by Gasteiger charge is 2.45. The molecule has 0 aromatic heterocycles. The fourth-order valence-electron chi connectivity index (χ4n) is 2.08. The van der Waals surface area contributed by atoms with Gasteiger partial charge in [-0.1, -0.05) is 43.7 Å². The topological polar surface area (TPSA) is 72.2 Å². The maximum Gasteiger partial charge on any atom is 0.242 e. The van der Waals surface area contributed by atoms with E-state index in [9.17, 15) is 8.42 Å². The molecule has 0 radical (unpaired) electrons. The molecule has 0 spiro atoms. The molecule has 1 saturated carbocycles. The predicted molar refractivity (Wildman–Crippen MR) is 84.4 cm³/mol. The van der Waals surface area contributed by atoms with Crippen molar-refractivity contribution < 1.29 is 8.42 Å². The van der Waals surface area contributed by atoms with Gasteiger partial charge in [-0.15, -0.1) is 0 Å². The van der Waals surface area contributed by atoms with Gasteiger partial charge in [-0.25, -0.2) is 13.1 Å². The Hall–Kier alpha value is -0.690. The van der Waals surface area contributed by atoms with Crippen LogP contribution in [0.1, 0.15) is 25.8 Å². The Morgan fingerprint density at radius 1 is 1.55 bits per heavy atom. The monoisotopic (exact) mass is 332 g/mol. The van der Waals surface area contributed by atoms with E-state index in [1.807, 2.05) is 0 Å². The van der Waals surface area contributed by atoms with E-state index in [4.69, 9.17) is 29.6 Å². The molecule has 7 heteroatoms. The zero-order chi connectivity index (χ0) is 15.1. The highest BCUT2D eigenvalue weighted by Crippen LogP contribution is 2.51. The Balaban J connectivity index is 2.15. The van der Waals surface area contributed by atoms with Gasteiger partial charge in [0.15, 0.2) is 0 Å². The highest BCUT2D eigenvalue weighted by molar-refractivity contribution is 7.89. The molecule has 110 valence electrons. The van der Waals surface area contributed by atoms with Crippen LogP contribution >= 0.6 is 23.8 Å². The van der Waals surface area contributed by atoms with Gasteiger partial charge in [-0.05, 0) is 29.9 Å². The van der Waals surface area contributed by atoms with Gasteiger partial charge in [-0.3, -0.25) is 0 Å². The Morgan fingerprint density at radius 3 is 2.60 bits per heavy atom. The van der Waals surface area contributed by atoms with E-state index in [2.05, 4.69) is 18.6 Å². The van der Waals surface area contributed by atoms with Crippen molar-refractivity contribution >= 4 is 38.8 Å². The third kappa shape index (κ3) is 3.31. The molecule has 0 aliphatic heterocycles. The van der Waals surface area contributed by atoms with Crippen LogP contribution in [0, 0.1) is 11.3 Å². The first-order valence-corrected chi connectivity index (χ1v) is 8.49. The lowest BCUT2D eigenvalue weighted by Crippen LogP contribution is -2.27. The van der Waals surface area contributed by atoms with Crippen molar-refractivity contribution in [3.63, 3.8) is 0 Å². The molecule has 0 bridgehead atoms. The molecular weight excluding hydrogens is 316 g/mol. The zero-order valence-electron chi connectivity index (χ0n) is 11.3. The fraction of sp³-hybridized carbons (Fsp3) is 0.462. The number of rotatable bonds is 5. The Labute approximate surface area is 129 Å². The van der Waals surface area contributed by atoms with E-state index in [-0.39, 0.29) is 20.3 Å². The molecule has 1 aromatic carbocycles. The summed E-state index contributed by atoms with van der Waals surface area (Å²) in [4.78, 5) is 0.237. The second kappa shape index (κ2) is 5.26. The van der Waals surface area contributed by atoms with Crippen LogP contribution in [0.3, 0.4) is 0 Å². The fourth-order valence-corrected chi connectivity index (χ4v) is 3.84. The molecular formula is C13H17ClN2O2S2. The molecule has 1 unspecified atom stereocenters. The first kappa shape index (κ1) is 15.7. The molecule has 0 heterocycles. The van der Waals surface area contributed by atoms with Crippen LogP contribution in [0.4, 0.5) is 0 Å². The second-order valence-electron chi connectivity index (χ2n) is 5.75. The number of halogens is 1. The zero-order valence-corrected chi connectivity index (χ0v) is 13.7. The van der Waals surface area contributed by atoms with Crippen molar-refractivity contribution in [1.29, 1.82) is 0 Å². The average Bonchev–Trinajstić information content (AvgIpc) is 2.94. The van der Waals surface area contributed by atoms with Crippen molar-refractivity contribution in [3.05, 3.63) is 28.8 Å². The number of hydrogen-bond donors (Lipinski definition) is 2. The summed E-state index contributed by atoms with van der Waals surface area (Å²) in [6, 6.07) is 4.46. The third-order valence-corrected chi connectivity index (χ3v) is 5.89. The van der Waals surface area contributed by atoms with E-state index in [1.54, 1.807) is 6.07 Å². The smallest absolute Gasteiger partial charge is 0.242 e. The summed E-state index contributed by atoms with van der Waals surface area (Å²) >= 11 is 10.8. The minimum absolute atomic E-state index is 0.0534. The number of nitrogens with one attached hydrogen (secondary N) is 1. The molecule has 4 nitrogen and oxygen atoms in total. The van der Waals surface area contributed by atoms with Gasteiger partial charge < -0.3 is 5.73 Å². The van der Waals surface area contributed by atoms with Crippen molar-refractivity contribution in [2.75, 3.05) is 6.54 Å². The number of hydrogen-bond acceptors (Lipinski definition) is 3. The molecule has 3 N–H and O–H groups in total. The maximum absolute atomic E-state index is 12.2. The normalized spacial score (nSPS) is 20.6. The molecule has 1 atom stereocenters. The first-order valence-electron chi connectivity index (χ1n) is 6.22. The molecule has 1 aromatic rings. The largest absolute Gasteiger partial charge is 0.389 e. The van der Waals surface area contributed by atoms with Gasteiger partial charge in [0.05, 0.1) is 5.02 Å². The van der Waals surface area contributed by atoms with E-state index in [1.165, 1.54) is 12.1 Å². The quantitative estimate of drug-likeness (QED) is 0.811. The van der Waals surface area contributed by atoms with Crippen LogP contribution in [0.15, 0.2) is 23.1 Å². The number of nitrogens with two attached hydrogens (primary N) is 1. The standard InChI is InChI=1S/C13H17ClN2O2S2/c1-13(2)6-9(13)7-16-20(17,18)11-4-3-8(12(15)19)5-10(11)14/h3-5,9,16H,6-7H2,1-2H3,(H2,15,19). The number of thiocarbonyl (C=S) groups is 1. The summed E-state index contributed by atoms with van der Waals surface area (Å²) < 4.78 is 27.0. The summed E-state index contributed by atoms with van der Waals surface area (Å²) in [5.41, 5.74) is 6.26. The van der Waals surface area contributed by atoms with Crippen LogP contribution in [-0.4, -0.2) is 20.0 Å². The summed E-state index contributed by atoms with van der Waals surface area (Å²) in [6.07, 6.45) is 1.03. The van der Waals surface area contributed by atoms with Gasteiger partial charge in [0, 0.05) is 12.1 Å². The number of sulfonamides is 1. The van der Waals surface area contributed by atoms with E-state index in [0.717, 1.165) is 6.42 Å². The summed E-state index contributed by atoms with van der Waals surface area (Å²) in [5, 5.41) is 0.123. The first-order chi connectivity index (χ1) is 9.13. The SMILES string of the molecule is CC1(C)CC1CNS(=O)(=O)c1ccc(C(N)=S)cc1Cl. The summed E-state index contributed by atoms with van der Waals surface area (Å²) in [5.74, 6) is 0.381. The highest BCUT2D eigenvalue weighted by atomic mass is 35.5. The van der Waals surface area contributed by atoms with Crippen molar-refractivity contribution in [3.8, 4) is 0 Å². The average molecular weight is 333 g/mol. The van der Waals surface area contributed by atoms with E-state index >= 15 is 0 Å². The molecule has 2 rings (SSSR count). The van der Waals surface area contributed by atoms with Gasteiger partial charge in [-0.2, -0.15) is 0 Å². The number of benzene rings is 1. The molecule has 0 amide bonds. The minimum atomic E-state index is -3.60. The molecule has 20 heavy (non-hydrogen) atoms. The van der Waals surface area contributed by atoms with Crippen LogP contribution in [0.5, 0.6) is 0 Å². The maximum atomic E-state index is 12.2. The van der Waals surface area contributed by atoms with Gasteiger partial charge in [0.25, 0.3) is 0 Å². The summed E-state index contributed by atoms with van der Waals surface area (Å²) in [7, 11) is -3.60. The Morgan fingerprint density at radius 2 is 2.15 bits per heavy atom. The van der Waals surface area contributed by atoms with Gasteiger partial charge in [0.2, 0.25) is 10.0 Å². The lowest BCUT2D eigenvalue weighted by Gasteiger charge is -2.10. The predicted octanol–water partition coefficient (Wildman–Crippen LogP) is 2.30. The minimum Gasteiger partial charge on any atom is -0.389 e. The third-order valence-electron chi connectivity index (χ3n) is 3.74. The lowest BCUT2D eigenvalue weighted by molar-refractivity contribution is 0.537. The lowest BCUT2D eigenvalue weighted by atomic mass is 10.1. The van der Waals surface area contributed by atoms with Crippen molar-refractivity contribution in [2.24, 2.45) is 17.1 Å². The van der Waals surface area contributed by atoms with Crippen molar-refractivity contribution in [1.82, 2.24) is 4.72 Å². The van der Waals surface area contributed by atoms with E-state index < -0.39 is 10.0 Å².